The van der Waals surface area contributed by atoms with Crippen molar-refractivity contribution < 1.29 is 9.18 Å². The second kappa shape index (κ2) is 7.35. The number of hydrogen-bond acceptors (Lipinski definition) is 1. The molecule has 0 bridgehead atoms. The van der Waals surface area contributed by atoms with Crippen molar-refractivity contribution in [2.24, 2.45) is 11.3 Å². The minimum absolute atomic E-state index is 0.0650. The first kappa shape index (κ1) is 19.7. The lowest BCUT2D eigenvalue weighted by atomic mass is 9.54. The minimum atomic E-state index is -0.368. The minimum Gasteiger partial charge on any atom is -0.353 e. The quantitative estimate of drug-likeness (QED) is 0.618. The number of nitrogens with one attached hydrogen (secondary N) is 1. The zero-order chi connectivity index (χ0) is 20.1. The fourth-order valence-electron chi connectivity index (χ4n) is 5.70. The molecule has 1 N–H and O–H groups in total. The maximum Gasteiger partial charge on any atom is 0.226 e. The Labute approximate surface area is 175 Å². The van der Waals surface area contributed by atoms with E-state index in [0.717, 1.165) is 30.4 Å². The molecule has 1 amide bonds. The molecule has 2 fully saturated rings. The predicted molar refractivity (Wildman–Crippen MR) is 111 cm³/mol. The van der Waals surface area contributed by atoms with Crippen LogP contribution in [0, 0.1) is 17.2 Å². The van der Waals surface area contributed by atoms with Crippen LogP contribution >= 0.6 is 23.2 Å². The first-order valence-corrected chi connectivity index (χ1v) is 10.6. The van der Waals surface area contributed by atoms with Crippen LogP contribution in [-0.4, -0.2) is 11.9 Å². The average molecular weight is 420 g/mol. The largest absolute Gasteiger partial charge is 0.353 e. The van der Waals surface area contributed by atoms with Crippen LogP contribution in [0.5, 0.6) is 0 Å². The highest BCUT2D eigenvalue weighted by Crippen LogP contribution is 2.60. The van der Waals surface area contributed by atoms with Crippen molar-refractivity contribution >= 4 is 29.1 Å². The Morgan fingerprint density at radius 3 is 2.54 bits per heavy atom. The number of halogens is 3. The van der Waals surface area contributed by atoms with Gasteiger partial charge in [0.2, 0.25) is 5.91 Å². The van der Waals surface area contributed by atoms with Gasteiger partial charge in [0.25, 0.3) is 0 Å². The lowest BCUT2D eigenvalue weighted by Crippen LogP contribution is -2.43. The highest BCUT2D eigenvalue weighted by atomic mass is 35.5. The van der Waals surface area contributed by atoms with E-state index in [2.05, 4.69) is 31.3 Å². The molecule has 5 atom stereocenters. The van der Waals surface area contributed by atoms with Gasteiger partial charge >= 0.3 is 0 Å². The third kappa shape index (κ3) is 3.04. The van der Waals surface area contributed by atoms with Crippen LogP contribution in [-0.2, 0) is 4.79 Å². The van der Waals surface area contributed by atoms with Crippen LogP contribution in [0.2, 0.25) is 10.0 Å². The molecular weight excluding hydrogens is 396 g/mol. The molecule has 2 aliphatic rings. The molecule has 4 rings (SSSR count). The van der Waals surface area contributed by atoms with Crippen molar-refractivity contribution in [3.63, 3.8) is 0 Å². The summed E-state index contributed by atoms with van der Waals surface area (Å²) in [4.78, 5) is 12.9. The molecule has 2 aromatic carbocycles. The highest BCUT2D eigenvalue weighted by Gasteiger charge is 2.59. The van der Waals surface area contributed by atoms with Crippen LogP contribution in [0.25, 0.3) is 0 Å². The van der Waals surface area contributed by atoms with E-state index in [9.17, 15) is 9.18 Å². The van der Waals surface area contributed by atoms with Crippen LogP contribution in [0.1, 0.15) is 56.1 Å². The van der Waals surface area contributed by atoms with E-state index in [4.69, 9.17) is 23.2 Å². The van der Waals surface area contributed by atoms with E-state index in [0.29, 0.717) is 10.0 Å². The van der Waals surface area contributed by atoms with Gasteiger partial charge in [-0.1, -0.05) is 48.3 Å². The Balaban J connectivity index is 1.87. The maximum absolute atomic E-state index is 13.7. The highest BCUT2D eigenvalue weighted by molar-refractivity contribution is 6.31. The molecule has 28 heavy (non-hydrogen) atoms. The summed E-state index contributed by atoms with van der Waals surface area (Å²) in [5, 5.41) is 4.34. The molecule has 0 radical (unpaired) electrons. The summed E-state index contributed by atoms with van der Waals surface area (Å²) < 4.78 is 13.7. The number of rotatable bonds is 3. The van der Waals surface area contributed by atoms with Gasteiger partial charge in [0.15, 0.2) is 0 Å². The van der Waals surface area contributed by atoms with Crippen LogP contribution in [0.4, 0.5) is 4.39 Å². The van der Waals surface area contributed by atoms with Gasteiger partial charge in [-0.05, 0) is 73.4 Å². The molecule has 2 aromatic rings. The second-order valence-electron chi connectivity index (χ2n) is 8.19. The Morgan fingerprint density at radius 1 is 1.18 bits per heavy atom. The standard InChI is InChI=1S/C23H24Cl2FNO/c1-3-23-11-10-18(17-9-8-16(26)12-19(17)25)20(14-4-6-15(24)7-5-14)21(23)13(2)27-22(23)28/h4-9,12-13,18,20-21H,3,10-11H2,1-2H3,(H,27,28)/t13-,18+,20+,21+,23-/m1/s1. The van der Waals surface area contributed by atoms with Crippen LogP contribution in [0.15, 0.2) is 42.5 Å². The van der Waals surface area contributed by atoms with E-state index >= 15 is 0 Å². The van der Waals surface area contributed by atoms with Gasteiger partial charge in [-0.2, -0.15) is 0 Å². The Kier molecular flexibility index (Phi) is 5.18. The number of carbonyl (C=O) groups excluding carboxylic acids is 1. The van der Waals surface area contributed by atoms with E-state index in [1.54, 1.807) is 6.07 Å². The van der Waals surface area contributed by atoms with Gasteiger partial charge in [-0.3, -0.25) is 4.79 Å². The summed E-state index contributed by atoms with van der Waals surface area (Å²) in [5.74, 6) is 0.194. The Hall–Kier alpha value is -1.58. The van der Waals surface area contributed by atoms with E-state index in [-0.39, 0.29) is 40.9 Å². The lowest BCUT2D eigenvalue weighted by molar-refractivity contribution is -0.131. The van der Waals surface area contributed by atoms with Crippen molar-refractivity contribution in [3.05, 3.63) is 69.5 Å². The number of hydrogen-bond donors (Lipinski definition) is 1. The smallest absolute Gasteiger partial charge is 0.226 e. The van der Waals surface area contributed by atoms with Crippen molar-refractivity contribution in [1.82, 2.24) is 5.32 Å². The predicted octanol–water partition coefficient (Wildman–Crippen LogP) is 6.32. The van der Waals surface area contributed by atoms with Crippen molar-refractivity contribution in [2.75, 3.05) is 0 Å². The molecule has 1 aliphatic heterocycles. The monoisotopic (exact) mass is 419 g/mol. The number of benzene rings is 2. The fourth-order valence-corrected chi connectivity index (χ4v) is 6.13. The van der Waals surface area contributed by atoms with Crippen molar-refractivity contribution in [3.8, 4) is 0 Å². The Morgan fingerprint density at radius 2 is 1.89 bits per heavy atom. The molecule has 5 heteroatoms. The summed E-state index contributed by atoms with van der Waals surface area (Å²) in [6.07, 6.45) is 2.46. The summed E-state index contributed by atoms with van der Waals surface area (Å²) in [6, 6.07) is 12.6. The average Bonchev–Trinajstić information content (AvgIpc) is 2.93. The van der Waals surface area contributed by atoms with E-state index in [1.165, 1.54) is 12.1 Å². The zero-order valence-electron chi connectivity index (χ0n) is 16.0. The van der Waals surface area contributed by atoms with Gasteiger partial charge in [-0.15, -0.1) is 0 Å². The zero-order valence-corrected chi connectivity index (χ0v) is 17.5. The molecule has 148 valence electrons. The van der Waals surface area contributed by atoms with Gasteiger partial charge < -0.3 is 5.32 Å². The SMILES string of the molecule is CC[C@@]12CC[C@@H](c3ccc(F)cc3Cl)[C@H](c3ccc(Cl)cc3)[C@@H]1[C@@H](C)NC2=O. The molecule has 1 aliphatic carbocycles. The lowest BCUT2D eigenvalue weighted by Gasteiger charge is -2.47. The summed E-state index contributed by atoms with van der Waals surface area (Å²) in [5.41, 5.74) is 1.74. The molecule has 2 nitrogen and oxygen atoms in total. The van der Waals surface area contributed by atoms with Gasteiger partial charge in [-0.25, -0.2) is 4.39 Å². The molecule has 0 unspecified atom stereocenters. The van der Waals surface area contributed by atoms with Crippen LogP contribution < -0.4 is 5.32 Å². The number of carbonyl (C=O) groups is 1. The molecule has 1 heterocycles. The molecule has 1 saturated heterocycles. The molecule has 0 aromatic heterocycles. The third-order valence-corrected chi connectivity index (χ3v) is 7.54. The molecule has 0 spiro atoms. The summed E-state index contributed by atoms with van der Waals surface area (Å²) in [7, 11) is 0. The van der Waals surface area contributed by atoms with Gasteiger partial charge in [0.1, 0.15) is 5.82 Å². The number of amides is 1. The van der Waals surface area contributed by atoms with Gasteiger partial charge in [0, 0.05) is 22.0 Å². The Bertz CT molecular complexity index is 900. The normalized spacial score (nSPS) is 32.1. The van der Waals surface area contributed by atoms with Crippen LogP contribution in [0.3, 0.4) is 0 Å². The molecular formula is C23H24Cl2FNO. The fraction of sp³-hybridized carbons (Fsp3) is 0.435. The van der Waals surface area contributed by atoms with Gasteiger partial charge in [0.05, 0.1) is 5.41 Å². The van der Waals surface area contributed by atoms with E-state index < -0.39 is 0 Å². The maximum atomic E-state index is 13.7. The summed E-state index contributed by atoms with van der Waals surface area (Å²) >= 11 is 12.6. The summed E-state index contributed by atoms with van der Waals surface area (Å²) in [6.45, 7) is 4.20. The first-order valence-electron chi connectivity index (χ1n) is 9.88. The molecule has 1 saturated carbocycles. The van der Waals surface area contributed by atoms with Crippen molar-refractivity contribution in [1.29, 1.82) is 0 Å². The first-order chi connectivity index (χ1) is 13.4. The number of fused-ring (bicyclic) bond motifs is 1. The van der Waals surface area contributed by atoms with Crippen molar-refractivity contribution in [2.45, 2.75) is 51.0 Å². The third-order valence-electron chi connectivity index (χ3n) is 6.96. The second-order valence-corrected chi connectivity index (χ2v) is 9.03. The van der Waals surface area contributed by atoms with E-state index in [1.807, 2.05) is 12.1 Å². The topological polar surface area (TPSA) is 29.1 Å².